The number of ether oxygens (including phenoxy) is 1. The van der Waals surface area contributed by atoms with Crippen molar-refractivity contribution in [1.82, 2.24) is 4.98 Å². The molecule has 0 spiro atoms. The third kappa shape index (κ3) is 3.37. The van der Waals surface area contributed by atoms with Crippen molar-refractivity contribution in [3.63, 3.8) is 0 Å². The number of aromatic nitrogens is 1. The highest BCUT2D eigenvalue weighted by atomic mass is 32.1. The molecule has 4 rings (SSSR count). The van der Waals surface area contributed by atoms with Gasteiger partial charge in [0.15, 0.2) is 22.1 Å². The van der Waals surface area contributed by atoms with Crippen molar-refractivity contribution in [2.24, 2.45) is 0 Å². The number of furan rings is 1. The van der Waals surface area contributed by atoms with Gasteiger partial charge >= 0.3 is 0 Å². The van der Waals surface area contributed by atoms with Crippen LogP contribution in [-0.4, -0.2) is 4.98 Å². The lowest BCUT2D eigenvalue weighted by molar-refractivity contribution is 0.305. The van der Waals surface area contributed by atoms with Crippen molar-refractivity contribution < 1.29 is 9.15 Å². The largest absolute Gasteiger partial charge is 0.485 e. The van der Waals surface area contributed by atoms with Crippen LogP contribution in [0.3, 0.4) is 0 Å². The first-order valence-corrected chi connectivity index (χ1v) is 9.54. The highest BCUT2D eigenvalue weighted by Crippen LogP contribution is 2.36. The summed E-state index contributed by atoms with van der Waals surface area (Å²) >= 11 is 1.62. The van der Waals surface area contributed by atoms with E-state index in [1.807, 2.05) is 42.5 Å². The molecule has 0 aliphatic heterocycles. The van der Waals surface area contributed by atoms with Gasteiger partial charge in [-0.05, 0) is 17.7 Å². The van der Waals surface area contributed by atoms with Gasteiger partial charge in [0.25, 0.3) is 0 Å². The predicted octanol–water partition coefficient (Wildman–Crippen LogP) is 6.43. The van der Waals surface area contributed by atoms with Crippen molar-refractivity contribution in [1.29, 1.82) is 0 Å². The normalized spacial score (nSPS) is 11.8. The standard InChI is InChI=1S/C22H21NO2S/c1-22(2,3)19-14-26-21(23-19)18-12-16-10-7-11-17(20(16)25-18)24-13-15-8-5-4-6-9-15/h4-12,14H,13H2,1-3H3. The summed E-state index contributed by atoms with van der Waals surface area (Å²) in [6.07, 6.45) is 0. The Bertz CT molecular complexity index is 1030. The van der Waals surface area contributed by atoms with Gasteiger partial charge < -0.3 is 9.15 Å². The molecule has 0 saturated carbocycles. The van der Waals surface area contributed by atoms with E-state index in [4.69, 9.17) is 14.1 Å². The molecule has 4 aromatic rings. The van der Waals surface area contributed by atoms with Gasteiger partial charge in [0, 0.05) is 16.2 Å². The summed E-state index contributed by atoms with van der Waals surface area (Å²) in [5.74, 6) is 1.54. The van der Waals surface area contributed by atoms with E-state index in [1.165, 1.54) is 0 Å². The van der Waals surface area contributed by atoms with Gasteiger partial charge in [0.1, 0.15) is 6.61 Å². The second-order valence-corrected chi connectivity index (χ2v) is 8.21. The van der Waals surface area contributed by atoms with Gasteiger partial charge in [-0.1, -0.05) is 63.2 Å². The van der Waals surface area contributed by atoms with Crippen LogP contribution in [0.1, 0.15) is 32.0 Å². The zero-order chi connectivity index (χ0) is 18.1. The zero-order valence-electron chi connectivity index (χ0n) is 15.2. The number of nitrogens with zero attached hydrogens (tertiary/aromatic N) is 1. The third-order valence-electron chi connectivity index (χ3n) is 4.23. The molecule has 0 aliphatic rings. The molecule has 132 valence electrons. The maximum atomic E-state index is 6.12. The molecule has 0 atom stereocenters. The minimum Gasteiger partial charge on any atom is -0.485 e. The van der Waals surface area contributed by atoms with Crippen molar-refractivity contribution in [2.75, 3.05) is 0 Å². The number of hydrogen-bond acceptors (Lipinski definition) is 4. The summed E-state index contributed by atoms with van der Waals surface area (Å²) in [7, 11) is 0. The van der Waals surface area contributed by atoms with E-state index in [2.05, 4.69) is 38.3 Å². The molecular formula is C22H21NO2S. The highest BCUT2D eigenvalue weighted by Gasteiger charge is 2.20. The summed E-state index contributed by atoms with van der Waals surface area (Å²) in [6.45, 7) is 7.02. The number of thiazole rings is 1. The number of rotatable bonds is 4. The van der Waals surface area contributed by atoms with Crippen LogP contribution in [0.5, 0.6) is 5.75 Å². The van der Waals surface area contributed by atoms with Gasteiger partial charge in [-0.3, -0.25) is 0 Å². The Morgan fingerprint density at radius 1 is 1.04 bits per heavy atom. The third-order valence-corrected chi connectivity index (χ3v) is 5.09. The first-order chi connectivity index (χ1) is 12.5. The lowest BCUT2D eigenvalue weighted by Crippen LogP contribution is -2.11. The minimum absolute atomic E-state index is 0.0325. The summed E-state index contributed by atoms with van der Waals surface area (Å²) in [6, 6.07) is 18.1. The van der Waals surface area contributed by atoms with Gasteiger partial charge in [-0.25, -0.2) is 4.98 Å². The van der Waals surface area contributed by atoms with Crippen LogP contribution < -0.4 is 4.74 Å². The Balaban J connectivity index is 1.64. The molecule has 0 amide bonds. The molecule has 0 saturated heterocycles. The molecule has 2 aromatic carbocycles. The molecular weight excluding hydrogens is 342 g/mol. The van der Waals surface area contributed by atoms with Crippen LogP contribution in [0, 0.1) is 0 Å². The monoisotopic (exact) mass is 363 g/mol. The Hall–Kier alpha value is -2.59. The lowest BCUT2D eigenvalue weighted by Gasteiger charge is -2.13. The second kappa shape index (κ2) is 6.61. The molecule has 26 heavy (non-hydrogen) atoms. The Morgan fingerprint density at radius 3 is 2.58 bits per heavy atom. The molecule has 2 aromatic heterocycles. The van der Waals surface area contributed by atoms with Crippen LogP contribution >= 0.6 is 11.3 Å². The van der Waals surface area contributed by atoms with E-state index >= 15 is 0 Å². The second-order valence-electron chi connectivity index (χ2n) is 7.35. The topological polar surface area (TPSA) is 35.3 Å². The van der Waals surface area contributed by atoms with Crippen molar-refractivity contribution >= 4 is 22.3 Å². The molecule has 0 N–H and O–H groups in total. The van der Waals surface area contributed by atoms with Crippen LogP contribution in [0.2, 0.25) is 0 Å². The molecule has 0 fully saturated rings. The molecule has 0 bridgehead atoms. The van der Waals surface area contributed by atoms with Crippen LogP contribution in [0.4, 0.5) is 0 Å². The maximum absolute atomic E-state index is 6.12. The molecule has 0 radical (unpaired) electrons. The number of hydrogen-bond donors (Lipinski definition) is 0. The highest BCUT2D eigenvalue weighted by molar-refractivity contribution is 7.13. The summed E-state index contributed by atoms with van der Waals surface area (Å²) < 4.78 is 12.1. The van der Waals surface area contributed by atoms with Crippen LogP contribution in [0.25, 0.3) is 21.7 Å². The van der Waals surface area contributed by atoms with Crippen molar-refractivity contribution in [2.45, 2.75) is 32.8 Å². The van der Waals surface area contributed by atoms with E-state index in [-0.39, 0.29) is 5.41 Å². The fourth-order valence-electron chi connectivity index (χ4n) is 2.72. The minimum atomic E-state index is 0.0325. The maximum Gasteiger partial charge on any atom is 0.176 e. The van der Waals surface area contributed by atoms with Crippen molar-refractivity contribution in [3.8, 4) is 16.5 Å². The zero-order valence-corrected chi connectivity index (χ0v) is 16.0. The summed E-state index contributed by atoms with van der Waals surface area (Å²) in [4.78, 5) is 4.75. The van der Waals surface area contributed by atoms with E-state index in [1.54, 1.807) is 11.3 Å². The summed E-state index contributed by atoms with van der Waals surface area (Å²) in [5.41, 5.74) is 3.01. The molecule has 0 unspecified atom stereocenters. The lowest BCUT2D eigenvalue weighted by atomic mass is 9.93. The fourth-order valence-corrected chi connectivity index (χ4v) is 3.72. The van der Waals surface area contributed by atoms with Crippen molar-refractivity contribution in [3.05, 3.63) is 71.2 Å². The average molecular weight is 363 g/mol. The smallest absolute Gasteiger partial charge is 0.176 e. The Labute approximate surface area is 157 Å². The van der Waals surface area contributed by atoms with Gasteiger partial charge in [-0.2, -0.15) is 0 Å². The number of benzene rings is 2. The SMILES string of the molecule is CC(C)(C)c1csc(-c2cc3cccc(OCc4ccccc4)c3o2)n1. The quantitative estimate of drug-likeness (QED) is 0.419. The van der Waals surface area contributed by atoms with E-state index < -0.39 is 0 Å². The Morgan fingerprint density at radius 2 is 1.85 bits per heavy atom. The molecule has 4 heteroatoms. The van der Waals surface area contributed by atoms with Crippen LogP contribution in [0.15, 0.2) is 64.4 Å². The van der Waals surface area contributed by atoms with Gasteiger partial charge in [0.2, 0.25) is 0 Å². The molecule has 2 heterocycles. The van der Waals surface area contributed by atoms with Gasteiger partial charge in [0.05, 0.1) is 5.69 Å². The fraction of sp³-hybridized carbons (Fsp3) is 0.227. The summed E-state index contributed by atoms with van der Waals surface area (Å²) in [5, 5.41) is 4.04. The number of para-hydroxylation sites is 1. The van der Waals surface area contributed by atoms with E-state index in [0.717, 1.165) is 38.7 Å². The average Bonchev–Trinajstić information content (AvgIpc) is 3.27. The first-order valence-electron chi connectivity index (χ1n) is 8.66. The Kier molecular flexibility index (Phi) is 4.29. The van der Waals surface area contributed by atoms with Gasteiger partial charge in [-0.15, -0.1) is 11.3 Å². The van der Waals surface area contributed by atoms with E-state index in [9.17, 15) is 0 Å². The molecule has 3 nitrogen and oxygen atoms in total. The predicted molar refractivity (Wildman–Crippen MR) is 107 cm³/mol. The van der Waals surface area contributed by atoms with E-state index in [0.29, 0.717) is 6.61 Å². The first kappa shape index (κ1) is 16.9. The number of fused-ring (bicyclic) bond motifs is 1. The molecule has 0 aliphatic carbocycles. The van der Waals surface area contributed by atoms with Crippen LogP contribution in [-0.2, 0) is 12.0 Å².